The summed E-state index contributed by atoms with van der Waals surface area (Å²) in [6, 6.07) is 11.6. The average Bonchev–Trinajstić information content (AvgIpc) is 2.38. The van der Waals surface area contributed by atoms with Crippen LogP contribution >= 0.6 is 0 Å². The number of nitrogens with zero attached hydrogens (tertiary/aromatic N) is 1. The van der Waals surface area contributed by atoms with Crippen LogP contribution in [0, 0.1) is 5.82 Å². The Bertz CT molecular complexity index is 606. The lowest BCUT2D eigenvalue weighted by Crippen LogP contribution is -2.08. The van der Waals surface area contributed by atoms with E-state index in [1.807, 2.05) is 6.07 Å². The third kappa shape index (κ3) is 3.57. The Labute approximate surface area is 112 Å². The number of hydrazone groups is 1. The number of alkyl halides is 3. The minimum atomic E-state index is -4.69. The maximum absolute atomic E-state index is 13.3. The first-order valence-electron chi connectivity index (χ1n) is 5.68. The molecule has 0 aliphatic heterocycles. The van der Waals surface area contributed by atoms with E-state index in [0.29, 0.717) is 6.07 Å². The van der Waals surface area contributed by atoms with E-state index in [-0.39, 0.29) is 5.56 Å². The molecule has 0 aliphatic carbocycles. The van der Waals surface area contributed by atoms with Crippen LogP contribution in [0.1, 0.15) is 11.1 Å². The monoisotopic (exact) mass is 282 g/mol. The fourth-order valence-electron chi connectivity index (χ4n) is 1.54. The lowest BCUT2D eigenvalue weighted by molar-refractivity contribution is -0.140. The number of benzene rings is 2. The molecule has 0 aliphatic rings. The Kier molecular flexibility index (Phi) is 4.02. The smallest absolute Gasteiger partial charge is 0.279 e. The van der Waals surface area contributed by atoms with Crippen molar-refractivity contribution < 1.29 is 17.6 Å². The Morgan fingerprint density at radius 1 is 1.00 bits per heavy atom. The Morgan fingerprint density at radius 3 is 2.30 bits per heavy atom. The fraction of sp³-hybridized carbons (Fsp3) is 0.0714. The van der Waals surface area contributed by atoms with E-state index < -0.39 is 17.6 Å². The molecule has 2 aromatic rings. The van der Waals surface area contributed by atoms with Crippen LogP contribution in [0.2, 0.25) is 0 Å². The Balaban J connectivity index is 2.09. The number of para-hydroxylation sites is 1. The molecule has 0 atom stereocenters. The second kappa shape index (κ2) is 5.73. The van der Waals surface area contributed by atoms with Crippen molar-refractivity contribution in [2.24, 2.45) is 5.10 Å². The predicted molar refractivity (Wildman–Crippen MR) is 69.1 cm³/mol. The first kappa shape index (κ1) is 14.0. The molecule has 0 saturated carbocycles. The molecule has 0 heterocycles. The minimum absolute atomic E-state index is 0.235. The van der Waals surface area contributed by atoms with Crippen LogP contribution in [0.15, 0.2) is 53.6 Å². The summed E-state index contributed by atoms with van der Waals surface area (Å²) in [6.45, 7) is 0. The van der Waals surface area contributed by atoms with Gasteiger partial charge in [-0.25, -0.2) is 4.39 Å². The molecule has 0 amide bonds. The van der Waals surface area contributed by atoms with Gasteiger partial charge in [0.25, 0.3) is 0 Å². The summed E-state index contributed by atoms with van der Waals surface area (Å²) < 4.78 is 50.4. The minimum Gasteiger partial charge on any atom is -0.279 e. The summed E-state index contributed by atoms with van der Waals surface area (Å²) in [5.74, 6) is -1.32. The zero-order valence-electron chi connectivity index (χ0n) is 10.2. The normalized spacial score (nSPS) is 11.8. The maximum Gasteiger partial charge on any atom is 0.419 e. The first-order chi connectivity index (χ1) is 9.47. The van der Waals surface area contributed by atoms with Crippen LogP contribution in [0.3, 0.4) is 0 Å². The molecule has 2 aromatic carbocycles. The van der Waals surface area contributed by atoms with Crippen LogP contribution in [0.5, 0.6) is 0 Å². The average molecular weight is 282 g/mol. The summed E-state index contributed by atoms with van der Waals surface area (Å²) >= 11 is 0. The van der Waals surface area contributed by atoms with Crippen molar-refractivity contribution in [1.82, 2.24) is 0 Å². The highest BCUT2D eigenvalue weighted by molar-refractivity contribution is 5.80. The van der Waals surface area contributed by atoms with E-state index in [1.165, 1.54) is 6.21 Å². The van der Waals surface area contributed by atoms with Crippen LogP contribution in [0.4, 0.5) is 23.2 Å². The highest BCUT2D eigenvalue weighted by Gasteiger charge is 2.33. The lowest BCUT2D eigenvalue weighted by Gasteiger charge is -2.07. The van der Waals surface area contributed by atoms with E-state index >= 15 is 0 Å². The van der Waals surface area contributed by atoms with E-state index in [2.05, 4.69) is 10.5 Å². The van der Waals surface area contributed by atoms with Gasteiger partial charge in [0.2, 0.25) is 0 Å². The topological polar surface area (TPSA) is 24.4 Å². The highest BCUT2D eigenvalue weighted by atomic mass is 19.4. The van der Waals surface area contributed by atoms with Gasteiger partial charge in [0, 0.05) is 0 Å². The van der Waals surface area contributed by atoms with E-state index in [1.54, 1.807) is 24.3 Å². The van der Waals surface area contributed by atoms with Gasteiger partial charge in [0.05, 0.1) is 17.5 Å². The van der Waals surface area contributed by atoms with Crippen LogP contribution in [0.25, 0.3) is 0 Å². The van der Waals surface area contributed by atoms with E-state index in [9.17, 15) is 17.6 Å². The Hall–Kier alpha value is -2.37. The quantitative estimate of drug-likeness (QED) is 0.507. The number of anilines is 1. The standard InChI is InChI=1S/C14H10F4N2/c15-13-8-10(6-7-12(13)14(16,17)18)9-19-20-11-4-2-1-3-5-11/h1-9,20H. The number of rotatable bonds is 3. The molecule has 104 valence electrons. The van der Waals surface area contributed by atoms with Crippen LogP contribution in [-0.2, 0) is 6.18 Å². The molecule has 0 bridgehead atoms. The van der Waals surface area contributed by atoms with Crippen LogP contribution < -0.4 is 5.43 Å². The van der Waals surface area contributed by atoms with Crippen molar-refractivity contribution in [3.8, 4) is 0 Å². The van der Waals surface area contributed by atoms with Gasteiger partial charge >= 0.3 is 6.18 Å². The summed E-state index contributed by atoms with van der Waals surface area (Å²) in [5.41, 5.74) is 2.35. The number of hydrogen-bond donors (Lipinski definition) is 1. The van der Waals surface area contributed by atoms with Crippen molar-refractivity contribution in [1.29, 1.82) is 0 Å². The predicted octanol–water partition coefficient (Wildman–Crippen LogP) is 4.29. The van der Waals surface area contributed by atoms with E-state index in [4.69, 9.17) is 0 Å². The lowest BCUT2D eigenvalue weighted by atomic mass is 10.1. The molecule has 0 saturated heterocycles. The highest BCUT2D eigenvalue weighted by Crippen LogP contribution is 2.31. The molecule has 2 rings (SSSR count). The van der Waals surface area contributed by atoms with Crippen molar-refractivity contribution in [2.45, 2.75) is 6.18 Å². The van der Waals surface area contributed by atoms with Crippen molar-refractivity contribution >= 4 is 11.9 Å². The molecule has 1 N–H and O–H groups in total. The largest absolute Gasteiger partial charge is 0.419 e. The SMILES string of the molecule is Fc1cc(C=NNc2ccccc2)ccc1C(F)(F)F. The van der Waals surface area contributed by atoms with Gasteiger partial charge in [-0.05, 0) is 29.8 Å². The molecule has 2 nitrogen and oxygen atoms in total. The molecule has 0 spiro atoms. The summed E-state index contributed by atoms with van der Waals surface area (Å²) in [7, 11) is 0. The molecule has 20 heavy (non-hydrogen) atoms. The first-order valence-corrected chi connectivity index (χ1v) is 5.68. The number of nitrogens with one attached hydrogen (secondary N) is 1. The molecule has 0 unspecified atom stereocenters. The van der Waals surface area contributed by atoms with Gasteiger partial charge in [-0.15, -0.1) is 0 Å². The zero-order chi connectivity index (χ0) is 14.6. The number of halogens is 4. The van der Waals surface area contributed by atoms with Crippen molar-refractivity contribution in [2.75, 3.05) is 5.43 Å². The third-order valence-corrected chi connectivity index (χ3v) is 2.48. The Morgan fingerprint density at radius 2 is 1.70 bits per heavy atom. The second-order valence-corrected chi connectivity index (χ2v) is 3.97. The van der Waals surface area contributed by atoms with Crippen LogP contribution in [-0.4, -0.2) is 6.21 Å². The fourth-order valence-corrected chi connectivity index (χ4v) is 1.54. The maximum atomic E-state index is 13.3. The van der Waals surface area contributed by atoms with Gasteiger partial charge in [0.1, 0.15) is 5.82 Å². The summed E-state index contributed by atoms with van der Waals surface area (Å²) in [6.07, 6.45) is -3.45. The summed E-state index contributed by atoms with van der Waals surface area (Å²) in [4.78, 5) is 0. The van der Waals surface area contributed by atoms with Crippen molar-refractivity contribution in [3.63, 3.8) is 0 Å². The molecule has 6 heteroatoms. The van der Waals surface area contributed by atoms with Gasteiger partial charge in [-0.1, -0.05) is 24.3 Å². The number of hydrogen-bond acceptors (Lipinski definition) is 2. The molecule has 0 radical (unpaired) electrons. The molecular formula is C14H10F4N2. The van der Waals surface area contributed by atoms with Gasteiger partial charge in [-0.3, -0.25) is 5.43 Å². The van der Waals surface area contributed by atoms with Gasteiger partial charge < -0.3 is 0 Å². The van der Waals surface area contributed by atoms with E-state index in [0.717, 1.165) is 17.8 Å². The van der Waals surface area contributed by atoms with Crippen molar-refractivity contribution in [3.05, 3.63) is 65.5 Å². The van der Waals surface area contributed by atoms with Gasteiger partial charge in [-0.2, -0.15) is 18.3 Å². The summed E-state index contributed by atoms with van der Waals surface area (Å²) in [5, 5.41) is 3.82. The second-order valence-electron chi connectivity index (χ2n) is 3.97. The molecule has 0 fully saturated rings. The molecular weight excluding hydrogens is 272 g/mol. The third-order valence-electron chi connectivity index (χ3n) is 2.48. The zero-order valence-corrected chi connectivity index (χ0v) is 10.2. The molecule has 0 aromatic heterocycles. The van der Waals surface area contributed by atoms with Gasteiger partial charge in [0.15, 0.2) is 0 Å².